The Kier molecular flexibility index (Phi) is 7.48. The summed E-state index contributed by atoms with van der Waals surface area (Å²) in [5.74, 6) is -1.43. The number of para-hydroxylation sites is 1. The molecule has 2 N–H and O–H groups in total. The second-order valence-corrected chi connectivity index (χ2v) is 9.71. The van der Waals surface area contributed by atoms with Gasteiger partial charge < -0.3 is 15.1 Å². The van der Waals surface area contributed by atoms with Gasteiger partial charge in [-0.3, -0.25) is 9.59 Å². The molecular weight excluding hydrogens is 482 g/mol. The first-order chi connectivity index (χ1) is 18.4. The number of nitrogens with zero attached hydrogens (tertiary/aromatic N) is 5. The van der Waals surface area contributed by atoms with Gasteiger partial charge in [-0.15, -0.1) is 0 Å². The largest absolute Gasteiger partial charge is 0.382 e. The van der Waals surface area contributed by atoms with Crippen molar-refractivity contribution in [3.05, 3.63) is 96.6 Å². The highest BCUT2D eigenvalue weighted by Crippen LogP contribution is 2.32. The molecule has 1 aliphatic rings. The molecule has 0 unspecified atom stereocenters. The fraction of sp³-hybridized carbons (Fsp3) is 0.310. The van der Waals surface area contributed by atoms with Crippen molar-refractivity contribution in [1.82, 2.24) is 24.5 Å². The fourth-order valence-electron chi connectivity index (χ4n) is 4.98. The Morgan fingerprint density at radius 1 is 0.921 bits per heavy atom. The maximum atomic E-state index is 13.2. The van der Waals surface area contributed by atoms with E-state index in [0.717, 1.165) is 23.4 Å². The number of hydrogen-bond acceptors (Lipinski definition) is 6. The van der Waals surface area contributed by atoms with Crippen molar-refractivity contribution in [3.63, 3.8) is 0 Å². The second-order valence-electron chi connectivity index (χ2n) is 9.71. The van der Waals surface area contributed by atoms with Crippen LogP contribution in [0.2, 0.25) is 0 Å². The molecular formula is C29H31N5O4. The highest BCUT2D eigenvalue weighted by Gasteiger charge is 2.39. The smallest absolute Gasteiger partial charge is 0.255 e. The van der Waals surface area contributed by atoms with Crippen LogP contribution in [0.25, 0.3) is 11.4 Å². The van der Waals surface area contributed by atoms with Gasteiger partial charge in [-0.05, 0) is 60.7 Å². The van der Waals surface area contributed by atoms with Crippen molar-refractivity contribution in [2.24, 2.45) is 0 Å². The molecule has 9 heteroatoms. The van der Waals surface area contributed by atoms with Gasteiger partial charge in [0.2, 0.25) is 0 Å². The summed E-state index contributed by atoms with van der Waals surface area (Å²) in [7, 11) is 0. The summed E-state index contributed by atoms with van der Waals surface area (Å²) < 4.78 is 3.48. The van der Waals surface area contributed by atoms with Crippen LogP contribution in [0.3, 0.4) is 0 Å². The zero-order valence-electron chi connectivity index (χ0n) is 21.2. The van der Waals surface area contributed by atoms with Crippen molar-refractivity contribution in [2.45, 2.75) is 50.4 Å². The summed E-state index contributed by atoms with van der Waals surface area (Å²) in [6.07, 6.45) is 3.20. The van der Waals surface area contributed by atoms with Crippen LogP contribution in [0.15, 0.2) is 85.3 Å². The molecule has 0 bridgehead atoms. The van der Waals surface area contributed by atoms with Crippen molar-refractivity contribution in [1.29, 1.82) is 0 Å². The van der Waals surface area contributed by atoms with Crippen LogP contribution >= 0.6 is 0 Å². The maximum absolute atomic E-state index is 13.2. The molecule has 4 atom stereocenters. The molecule has 2 aromatic heterocycles. The van der Waals surface area contributed by atoms with Gasteiger partial charge in [-0.2, -0.15) is 10.2 Å². The average molecular weight is 514 g/mol. The number of aliphatic hydroxyl groups is 2. The molecule has 3 heterocycles. The number of aliphatic hydroxyl groups excluding tert-OH is 2. The molecule has 0 spiro atoms. The lowest BCUT2D eigenvalue weighted by Crippen LogP contribution is -2.47. The van der Waals surface area contributed by atoms with Crippen molar-refractivity contribution >= 4 is 11.7 Å². The number of rotatable bonds is 9. The van der Waals surface area contributed by atoms with Crippen LogP contribution in [0.4, 0.5) is 0 Å². The predicted octanol–water partition coefficient (Wildman–Crippen LogP) is 3.21. The zero-order chi connectivity index (χ0) is 26.6. The summed E-state index contributed by atoms with van der Waals surface area (Å²) in [5.41, 5.74) is 3.42. The van der Waals surface area contributed by atoms with Gasteiger partial charge in [0.15, 0.2) is 11.9 Å². The molecule has 9 nitrogen and oxygen atoms in total. The van der Waals surface area contributed by atoms with Gasteiger partial charge in [0.25, 0.3) is 5.91 Å². The van der Waals surface area contributed by atoms with Gasteiger partial charge in [0.05, 0.1) is 23.1 Å². The number of Topliss-reactive ketones (excluding diaryl/α,β-unsaturated/α-hetero) is 1. The lowest BCUT2D eigenvalue weighted by molar-refractivity contribution is -0.153. The lowest BCUT2D eigenvalue weighted by Gasteiger charge is -2.27. The Labute approximate surface area is 220 Å². The van der Waals surface area contributed by atoms with Gasteiger partial charge in [0, 0.05) is 31.6 Å². The van der Waals surface area contributed by atoms with E-state index < -0.39 is 23.9 Å². The molecule has 4 aromatic rings. The molecule has 1 saturated heterocycles. The lowest BCUT2D eigenvalue weighted by atomic mass is 9.92. The van der Waals surface area contributed by atoms with Crippen LogP contribution in [-0.2, 0) is 9.59 Å². The van der Waals surface area contributed by atoms with E-state index in [9.17, 15) is 19.8 Å². The molecule has 1 amide bonds. The Morgan fingerprint density at radius 2 is 1.66 bits per heavy atom. The Morgan fingerprint density at radius 3 is 2.37 bits per heavy atom. The van der Waals surface area contributed by atoms with Gasteiger partial charge in [-0.1, -0.05) is 37.3 Å². The number of carbonyl (C=O) groups excluding carboxylic acids is 2. The first-order valence-corrected chi connectivity index (χ1v) is 12.8. The number of carbonyl (C=O) groups is 2. The SMILES string of the molecule is C[C@@H](CC(=O)[C@H](O)[C@@H](O)C(=O)N1CCC[C@@H]1c1ccn(-c2ccccc2)n1)c1ccc(-n2cccn2)cc1. The fourth-order valence-corrected chi connectivity index (χ4v) is 4.98. The van der Waals surface area contributed by atoms with Crippen LogP contribution in [-0.4, -0.2) is 65.1 Å². The summed E-state index contributed by atoms with van der Waals surface area (Å²) >= 11 is 0. The quantitative estimate of drug-likeness (QED) is 0.355. The van der Waals surface area contributed by atoms with E-state index in [4.69, 9.17) is 0 Å². The van der Waals surface area contributed by atoms with Gasteiger partial charge >= 0.3 is 0 Å². The molecule has 5 rings (SSSR count). The minimum absolute atomic E-state index is 0.00245. The van der Waals surface area contributed by atoms with Crippen LogP contribution in [0.5, 0.6) is 0 Å². The minimum atomic E-state index is -1.83. The highest BCUT2D eigenvalue weighted by atomic mass is 16.3. The summed E-state index contributed by atoms with van der Waals surface area (Å²) in [6.45, 7) is 2.31. The normalized spacial score (nSPS) is 17.8. The van der Waals surface area contributed by atoms with Crippen molar-refractivity contribution in [3.8, 4) is 11.4 Å². The van der Waals surface area contributed by atoms with E-state index in [1.54, 1.807) is 15.6 Å². The Balaban J connectivity index is 1.21. The number of likely N-dealkylation sites (tertiary alicyclic amines) is 1. The number of aromatic nitrogens is 4. The van der Waals surface area contributed by atoms with E-state index in [2.05, 4.69) is 10.2 Å². The predicted molar refractivity (Wildman–Crippen MR) is 141 cm³/mol. The number of benzene rings is 2. The molecule has 1 aliphatic heterocycles. The second kappa shape index (κ2) is 11.1. The monoisotopic (exact) mass is 513 g/mol. The van der Waals surface area contributed by atoms with Crippen molar-refractivity contribution < 1.29 is 19.8 Å². The first-order valence-electron chi connectivity index (χ1n) is 12.8. The standard InChI is InChI=1S/C29H31N5O4/c1-20(21-10-12-23(13-11-21)33-17-6-15-30-33)19-26(35)27(36)28(37)29(38)32-16-5-9-25(32)24-14-18-34(31-24)22-7-3-2-4-8-22/h2-4,6-8,10-15,17-18,20,25,27-28,36-37H,5,9,16,19H2,1H3/t20-,25+,27-,28+/m0/s1. The highest BCUT2D eigenvalue weighted by molar-refractivity contribution is 5.92. The number of hydrogen-bond donors (Lipinski definition) is 2. The number of amides is 1. The minimum Gasteiger partial charge on any atom is -0.382 e. The summed E-state index contributed by atoms with van der Waals surface area (Å²) in [4.78, 5) is 27.5. The van der Waals surface area contributed by atoms with E-state index in [1.807, 2.05) is 86.0 Å². The molecule has 0 aliphatic carbocycles. The molecule has 38 heavy (non-hydrogen) atoms. The topological polar surface area (TPSA) is 113 Å². The molecule has 0 radical (unpaired) electrons. The third-order valence-electron chi connectivity index (χ3n) is 7.13. The first kappa shape index (κ1) is 25.6. The molecule has 196 valence electrons. The van der Waals surface area contributed by atoms with E-state index in [0.29, 0.717) is 18.7 Å². The summed E-state index contributed by atoms with van der Waals surface area (Å²) in [5, 5.41) is 30.1. The van der Waals surface area contributed by atoms with E-state index in [1.165, 1.54) is 4.90 Å². The molecule has 2 aromatic carbocycles. The van der Waals surface area contributed by atoms with E-state index >= 15 is 0 Å². The van der Waals surface area contributed by atoms with Gasteiger partial charge in [-0.25, -0.2) is 9.36 Å². The molecule has 0 saturated carbocycles. The van der Waals surface area contributed by atoms with Crippen LogP contribution in [0.1, 0.15) is 49.4 Å². The van der Waals surface area contributed by atoms with Gasteiger partial charge in [0.1, 0.15) is 6.10 Å². The van der Waals surface area contributed by atoms with Crippen molar-refractivity contribution in [2.75, 3.05) is 6.54 Å². The Bertz CT molecular complexity index is 1370. The third-order valence-corrected chi connectivity index (χ3v) is 7.13. The maximum Gasteiger partial charge on any atom is 0.255 e. The molecule has 1 fully saturated rings. The zero-order valence-corrected chi connectivity index (χ0v) is 21.2. The Hall–Kier alpha value is -4.08. The average Bonchev–Trinajstić information content (AvgIpc) is 3.74. The van der Waals surface area contributed by atoms with Crippen LogP contribution in [0, 0.1) is 0 Å². The van der Waals surface area contributed by atoms with E-state index in [-0.39, 0.29) is 18.4 Å². The summed E-state index contributed by atoms with van der Waals surface area (Å²) in [6, 6.07) is 20.7. The number of ketones is 1. The third kappa shape index (κ3) is 5.29. The van der Waals surface area contributed by atoms with Crippen LogP contribution < -0.4 is 0 Å².